The van der Waals surface area contributed by atoms with Crippen molar-refractivity contribution < 1.29 is 41.6 Å². The minimum atomic E-state index is -2.34. The first-order valence-electron chi connectivity index (χ1n) is 21.2. The fourth-order valence-electron chi connectivity index (χ4n) is 10.6. The molecule has 2 unspecified atom stereocenters. The maximum absolute atomic E-state index is 12.7. The van der Waals surface area contributed by atoms with Crippen LogP contribution in [0.25, 0.3) is 0 Å². The van der Waals surface area contributed by atoms with Gasteiger partial charge in [0.1, 0.15) is 13.2 Å². The Morgan fingerprint density at radius 2 is 0.982 bits per heavy atom. The maximum Gasteiger partial charge on any atom is 0.311 e. The molecule has 10 nitrogen and oxygen atoms in total. The molecule has 2 fully saturated rings. The van der Waals surface area contributed by atoms with Crippen LogP contribution < -0.4 is 5.32 Å². The van der Waals surface area contributed by atoms with Gasteiger partial charge in [-0.3, -0.25) is 14.4 Å². The van der Waals surface area contributed by atoms with E-state index in [9.17, 15) is 14.4 Å². The minimum Gasteiger partial charge on any atom is -0.463 e. The van der Waals surface area contributed by atoms with Gasteiger partial charge < -0.3 is 32.5 Å². The number of rotatable bonds is 24. The highest BCUT2D eigenvalue weighted by atomic mass is 28.5. The maximum atomic E-state index is 12.7. The second kappa shape index (κ2) is 21.2. The molecule has 1 N–H and O–H groups in total. The van der Waals surface area contributed by atoms with Crippen LogP contribution >= 0.6 is 0 Å². The van der Waals surface area contributed by atoms with Gasteiger partial charge in [-0.2, -0.15) is 0 Å². The molecule has 1 amide bonds. The zero-order chi connectivity index (χ0) is 41.8. The lowest BCUT2D eigenvalue weighted by Gasteiger charge is -2.46. The van der Waals surface area contributed by atoms with Crippen LogP contribution in [0, 0.1) is 33.5 Å². The molecule has 0 aromatic rings. The van der Waals surface area contributed by atoms with Crippen LogP contribution in [-0.4, -0.2) is 89.2 Å². The van der Waals surface area contributed by atoms with E-state index in [4.69, 9.17) is 27.2 Å². The van der Waals surface area contributed by atoms with E-state index in [1.807, 2.05) is 0 Å². The van der Waals surface area contributed by atoms with E-state index < -0.39 is 25.2 Å². The second-order valence-corrected chi connectivity index (χ2v) is 34.0. The molecule has 13 heteroatoms. The van der Waals surface area contributed by atoms with Crippen molar-refractivity contribution in [1.29, 1.82) is 0 Å². The van der Waals surface area contributed by atoms with Crippen molar-refractivity contribution >= 4 is 43.0 Å². The van der Waals surface area contributed by atoms with Gasteiger partial charge in [-0.25, -0.2) is 0 Å². The quantitative estimate of drug-likeness (QED) is 0.0577. The van der Waals surface area contributed by atoms with Crippen LogP contribution in [0.15, 0.2) is 0 Å². The van der Waals surface area contributed by atoms with E-state index in [-0.39, 0.29) is 52.0 Å². The lowest BCUT2D eigenvalue weighted by Crippen LogP contribution is -2.52. The Bertz CT molecular complexity index is 1210. The third-order valence-corrected chi connectivity index (χ3v) is 22.5. The fourth-order valence-corrected chi connectivity index (χ4v) is 24.6. The molecule has 2 atom stereocenters. The molecule has 0 heterocycles. The number of nitrogens with one attached hydrogen (secondary N) is 1. The van der Waals surface area contributed by atoms with Gasteiger partial charge in [-0.05, 0) is 136 Å². The van der Waals surface area contributed by atoms with E-state index in [2.05, 4.69) is 93.1 Å². The topological polar surface area (TPSA) is 119 Å². The summed E-state index contributed by atoms with van der Waals surface area (Å²) in [5.41, 5.74) is 0.631. The van der Waals surface area contributed by atoms with Gasteiger partial charge in [0.25, 0.3) is 0 Å². The van der Waals surface area contributed by atoms with Gasteiger partial charge in [-0.1, -0.05) is 48.5 Å². The monoisotopic (exact) mass is 830 g/mol. The number of hydrogen-bond acceptors (Lipinski definition) is 9. The summed E-state index contributed by atoms with van der Waals surface area (Å²) in [4.78, 5) is 36.7. The molecular formula is C42H83NO9Si3. The molecule has 322 valence electrons. The van der Waals surface area contributed by atoms with Gasteiger partial charge in [0.15, 0.2) is 16.6 Å². The van der Waals surface area contributed by atoms with E-state index in [1.54, 1.807) is 6.92 Å². The van der Waals surface area contributed by atoms with Gasteiger partial charge in [0.05, 0.1) is 13.2 Å². The smallest absolute Gasteiger partial charge is 0.311 e. The van der Waals surface area contributed by atoms with Crippen molar-refractivity contribution in [2.45, 2.75) is 171 Å². The average Bonchev–Trinajstić information content (AvgIpc) is 2.95. The Morgan fingerprint density at radius 3 is 1.40 bits per heavy atom. The first-order valence-corrected chi connectivity index (χ1v) is 30.3. The van der Waals surface area contributed by atoms with Crippen LogP contribution in [0.4, 0.5) is 0 Å². The molecule has 0 aromatic carbocycles. The molecule has 2 saturated carbocycles. The number of esters is 2. The van der Waals surface area contributed by atoms with Crippen LogP contribution in [0.1, 0.15) is 120 Å². The van der Waals surface area contributed by atoms with Gasteiger partial charge in [0.2, 0.25) is 5.91 Å². The Labute approximate surface area is 339 Å². The summed E-state index contributed by atoms with van der Waals surface area (Å²) >= 11 is 0. The second-order valence-electron chi connectivity index (χ2n) is 21.5. The third-order valence-electron chi connectivity index (χ3n) is 11.0. The van der Waals surface area contributed by atoms with E-state index >= 15 is 0 Å². The highest BCUT2D eigenvalue weighted by Gasteiger charge is 2.43. The summed E-state index contributed by atoms with van der Waals surface area (Å²) in [6.45, 7) is 34.1. The van der Waals surface area contributed by atoms with Crippen LogP contribution in [0.2, 0.25) is 51.4 Å². The standard InChI is InChI=1S/C42H83NO9Si3/c1-34(44)43-33-42(8)30-36(29-41(6,7)32-42)26-38(46)50-22-20-48-18-16-24-54(11,12)52-55(13,14)51-53(9,10)23-15-17-47-19-21-49-37(45)25-35-27-39(2,3)31-40(4,5)28-35/h35-36H,15-33H2,1-14H3,(H,43,44). The highest BCUT2D eigenvalue weighted by molar-refractivity contribution is 6.87. The van der Waals surface area contributed by atoms with E-state index in [1.165, 1.54) is 6.42 Å². The Morgan fingerprint density at radius 1 is 0.582 bits per heavy atom. The predicted octanol–water partition coefficient (Wildman–Crippen LogP) is 9.63. The average molecular weight is 830 g/mol. The van der Waals surface area contributed by atoms with Crippen LogP contribution in [-0.2, 0) is 41.6 Å². The normalized spacial score (nSPS) is 22.9. The molecule has 0 aromatic heterocycles. The highest BCUT2D eigenvalue weighted by Crippen LogP contribution is 2.50. The third kappa shape index (κ3) is 22.0. The SMILES string of the molecule is CC(=O)NCC1(C)CC(CC(=O)OCCOCCC[Si](C)(C)O[Si](C)(C)O[Si](C)(C)CCCOCCOC(=O)CC2CC(C)(C)CC(C)(C)C2)CC(C)(C)C1. The van der Waals surface area contributed by atoms with Crippen LogP contribution in [0.3, 0.4) is 0 Å². The van der Waals surface area contributed by atoms with E-state index in [0.717, 1.165) is 57.0 Å². The fraction of sp³-hybridized carbons (Fsp3) is 0.929. The van der Waals surface area contributed by atoms with Crippen molar-refractivity contribution in [3.05, 3.63) is 0 Å². The largest absolute Gasteiger partial charge is 0.463 e. The lowest BCUT2D eigenvalue weighted by atomic mass is 9.60. The Kier molecular flexibility index (Phi) is 19.3. The molecule has 0 spiro atoms. The Balaban J connectivity index is 1.57. The summed E-state index contributed by atoms with van der Waals surface area (Å²) in [6.07, 6.45) is 8.98. The Hall–Kier alpha value is -1.10. The number of carbonyl (C=O) groups excluding carboxylic acids is 3. The molecule has 0 bridgehead atoms. The summed E-state index contributed by atoms with van der Waals surface area (Å²) < 4.78 is 36.3. The first kappa shape index (κ1) is 50.0. The predicted molar refractivity (Wildman–Crippen MR) is 229 cm³/mol. The van der Waals surface area contributed by atoms with Gasteiger partial charge >= 0.3 is 20.5 Å². The summed E-state index contributed by atoms with van der Waals surface area (Å²) in [5, 5.41) is 2.99. The minimum absolute atomic E-state index is 0.0130. The van der Waals surface area contributed by atoms with Crippen molar-refractivity contribution in [2.75, 3.05) is 46.2 Å². The molecule has 0 aliphatic heterocycles. The zero-order valence-corrected chi connectivity index (χ0v) is 40.8. The zero-order valence-electron chi connectivity index (χ0n) is 37.8. The number of hydrogen-bond donors (Lipinski definition) is 1. The summed E-state index contributed by atoms with van der Waals surface area (Å²) in [7, 11) is -6.27. The molecule has 2 rings (SSSR count). The van der Waals surface area contributed by atoms with Crippen molar-refractivity contribution in [1.82, 2.24) is 5.32 Å². The molecule has 2 aliphatic rings. The van der Waals surface area contributed by atoms with Crippen molar-refractivity contribution in [2.24, 2.45) is 33.5 Å². The molecular weight excluding hydrogens is 747 g/mol. The van der Waals surface area contributed by atoms with Crippen molar-refractivity contribution in [3.63, 3.8) is 0 Å². The molecule has 2 aliphatic carbocycles. The molecule has 55 heavy (non-hydrogen) atoms. The summed E-state index contributed by atoms with van der Waals surface area (Å²) in [6, 6.07) is 1.95. The van der Waals surface area contributed by atoms with Gasteiger partial charge in [-0.15, -0.1) is 0 Å². The summed E-state index contributed by atoms with van der Waals surface area (Å²) in [5.74, 6) is 0.350. The number of ether oxygens (including phenoxy) is 4. The van der Waals surface area contributed by atoms with Crippen molar-refractivity contribution in [3.8, 4) is 0 Å². The molecule has 0 saturated heterocycles. The van der Waals surface area contributed by atoms with Gasteiger partial charge in [0, 0.05) is 39.5 Å². The molecule has 0 radical (unpaired) electrons. The number of carbonyl (C=O) groups is 3. The lowest BCUT2D eigenvalue weighted by molar-refractivity contribution is -0.148. The van der Waals surface area contributed by atoms with E-state index in [0.29, 0.717) is 58.3 Å². The first-order chi connectivity index (χ1) is 25.1. The van der Waals surface area contributed by atoms with Crippen LogP contribution in [0.5, 0.6) is 0 Å². The number of amides is 1.